The molecule has 1 fully saturated rings. The van der Waals surface area contributed by atoms with E-state index >= 15 is 0 Å². The average Bonchev–Trinajstić information content (AvgIpc) is 3.06. The fraction of sp³-hybridized carbons (Fsp3) is 0.625. The van der Waals surface area contributed by atoms with Crippen LogP contribution in [0.5, 0.6) is 5.75 Å². The summed E-state index contributed by atoms with van der Waals surface area (Å²) in [6.45, 7) is 7.70. The van der Waals surface area contributed by atoms with E-state index in [1.165, 1.54) is 25.1 Å². The minimum absolute atomic E-state index is 0.726. The Hall–Kier alpha value is -2.61. The summed E-state index contributed by atoms with van der Waals surface area (Å²) >= 11 is 0. The zero-order chi connectivity index (χ0) is 22.0. The molecule has 0 bridgehead atoms. The van der Waals surface area contributed by atoms with Crippen molar-refractivity contribution in [2.45, 2.75) is 45.1 Å². The first-order valence-electron chi connectivity index (χ1n) is 12.1. The zero-order valence-corrected chi connectivity index (χ0v) is 19.4. The fourth-order valence-corrected chi connectivity index (χ4v) is 4.50. The molecule has 1 saturated heterocycles. The van der Waals surface area contributed by atoms with Crippen molar-refractivity contribution in [3.05, 3.63) is 42.0 Å². The standard InChI is InChI=1S/C24H37N7O/c1-25-24(26-13-8-12-23-28-27-22-11-6-3-7-14-31(22)23)30-17-15-29(16-18-30)19-20-32-21-9-4-2-5-10-21/h2,4-5,9-10H,3,6-8,11-20H2,1H3,(H,25,26). The maximum atomic E-state index is 5.84. The molecule has 2 aliphatic rings. The average molecular weight is 440 g/mol. The second-order valence-electron chi connectivity index (χ2n) is 8.56. The summed E-state index contributed by atoms with van der Waals surface area (Å²) in [6, 6.07) is 10.0. The first kappa shape index (κ1) is 22.6. The quantitative estimate of drug-likeness (QED) is 0.386. The Morgan fingerprint density at radius 1 is 1.03 bits per heavy atom. The van der Waals surface area contributed by atoms with Crippen molar-refractivity contribution in [3.8, 4) is 5.75 Å². The highest BCUT2D eigenvalue weighted by Crippen LogP contribution is 2.15. The summed E-state index contributed by atoms with van der Waals surface area (Å²) < 4.78 is 8.19. The number of hydrogen-bond donors (Lipinski definition) is 1. The summed E-state index contributed by atoms with van der Waals surface area (Å²) in [7, 11) is 1.88. The number of para-hydroxylation sites is 1. The molecule has 4 rings (SSSR count). The van der Waals surface area contributed by atoms with Crippen molar-refractivity contribution >= 4 is 5.96 Å². The number of nitrogens with one attached hydrogen (secondary N) is 1. The van der Waals surface area contributed by atoms with Gasteiger partial charge in [0.15, 0.2) is 5.96 Å². The second kappa shape index (κ2) is 11.9. The van der Waals surface area contributed by atoms with Gasteiger partial charge in [-0.15, -0.1) is 10.2 Å². The molecule has 1 aromatic carbocycles. The summed E-state index contributed by atoms with van der Waals surface area (Å²) in [5.74, 6) is 4.27. The zero-order valence-electron chi connectivity index (χ0n) is 19.4. The van der Waals surface area contributed by atoms with Crippen LogP contribution in [0.15, 0.2) is 35.3 Å². The minimum Gasteiger partial charge on any atom is -0.492 e. The topological polar surface area (TPSA) is 70.8 Å². The van der Waals surface area contributed by atoms with Gasteiger partial charge in [0.05, 0.1) is 0 Å². The number of hydrogen-bond acceptors (Lipinski definition) is 5. The van der Waals surface area contributed by atoms with Crippen molar-refractivity contribution in [1.82, 2.24) is 29.9 Å². The molecule has 0 saturated carbocycles. The smallest absolute Gasteiger partial charge is 0.193 e. The van der Waals surface area contributed by atoms with Crippen molar-refractivity contribution in [3.63, 3.8) is 0 Å². The molecule has 8 nitrogen and oxygen atoms in total. The third-order valence-electron chi connectivity index (χ3n) is 6.35. The van der Waals surface area contributed by atoms with E-state index in [0.29, 0.717) is 0 Å². The van der Waals surface area contributed by atoms with Gasteiger partial charge in [-0.3, -0.25) is 9.89 Å². The largest absolute Gasteiger partial charge is 0.492 e. The maximum absolute atomic E-state index is 5.84. The lowest BCUT2D eigenvalue weighted by Gasteiger charge is -2.36. The van der Waals surface area contributed by atoms with Gasteiger partial charge in [-0.05, 0) is 31.4 Å². The Morgan fingerprint density at radius 2 is 1.88 bits per heavy atom. The number of nitrogens with zero attached hydrogens (tertiary/aromatic N) is 6. The first-order chi connectivity index (χ1) is 15.8. The van der Waals surface area contributed by atoms with Gasteiger partial charge in [0.1, 0.15) is 24.0 Å². The first-order valence-corrected chi connectivity index (χ1v) is 12.1. The van der Waals surface area contributed by atoms with Crippen molar-refractivity contribution in [2.75, 3.05) is 52.9 Å². The number of aryl methyl sites for hydroxylation is 2. The van der Waals surface area contributed by atoms with Crippen molar-refractivity contribution in [2.24, 2.45) is 4.99 Å². The lowest BCUT2D eigenvalue weighted by molar-refractivity contribution is 0.152. The molecule has 0 amide bonds. The number of aromatic nitrogens is 3. The number of rotatable bonds is 8. The fourth-order valence-electron chi connectivity index (χ4n) is 4.50. The van der Waals surface area contributed by atoms with Gasteiger partial charge in [0.2, 0.25) is 0 Å². The molecule has 0 unspecified atom stereocenters. The van der Waals surface area contributed by atoms with Gasteiger partial charge in [0.25, 0.3) is 0 Å². The van der Waals surface area contributed by atoms with Crippen LogP contribution in [0.2, 0.25) is 0 Å². The molecule has 3 heterocycles. The molecule has 0 radical (unpaired) electrons. The highest BCUT2D eigenvalue weighted by molar-refractivity contribution is 5.79. The SMILES string of the molecule is CN=C(NCCCc1nnc2n1CCCCC2)N1CCN(CCOc2ccccc2)CC1. The molecular formula is C24H37N7O. The Morgan fingerprint density at radius 3 is 2.69 bits per heavy atom. The normalized spacial score (nSPS) is 17.7. The summed E-state index contributed by atoms with van der Waals surface area (Å²) in [6.07, 6.45) is 6.85. The Kier molecular flexibility index (Phi) is 8.36. The molecule has 0 atom stereocenters. The number of ether oxygens (including phenoxy) is 1. The molecule has 2 aliphatic heterocycles. The lowest BCUT2D eigenvalue weighted by atomic mass is 10.2. The number of benzene rings is 1. The molecule has 32 heavy (non-hydrogen) atoms. The lowest BCUT2D eigenvalue weighted by Crippen LogP contribution is -2.53. The van der Waals surface area contributed by atoms with Crippen LogP contribution in [0.4, 0.5) is 0 Å². The van der Waals surface area contributed by atoms with Gasteiger partial charge in [-0.25, -0.2) is 0 Å². The van der Waals surface area contributed by atoms with E-state index in [-0.39, 0.29) is 0 Å². The van der Waals surface area contributed by atoms with E-state index in [0.717, 1.165) is 89.2 Å². The highest BCUT2D eigenvalue weighted by atomic mass is 16.5. The molecule has 0 spiro atoms. The maximum Gasteiger partial charge on any atom is 0.193 e. The van der Waals surface area contributed by atoms with Gasteiger partial charge < -0.3 is 19.5 Å². The molecule has 1 N–H and O–H groups in total. The number of guanidine groups is 1. The van der Waals surface area contributed by atoms with Gasteiger partial charge in [-0.1, -0.05) is 24.6 Å². The second-order valence-corrected chi connectivity index (χ2v) is 8.56. The van der Waals surface area contributed by atoms with Crippen LogP contribution in [-0.2, 0) is 19.4 Å². The number of fused-ring (bicyclic) bond motifs is 1. The van der Waals surface area contributed by atoms with Crippen molar-refractivity contribution < 1.29 is 4.74 Å². The molecule has 174 valence electrons. The molecule has 0 aliphatic carbocycles. The van der Waals surface area contributed by atoms with Crippen LogP contribution in [0.25, 0.3) is 0 Å². The van der Waals surface area contributed by atoms with E-state index in [1.54, 1.807) is 0 Å². The third kappa shape index (κ3) is 6.22. The minimum atomic E-state index is 0.726. The molecule has 2 aromatic rings. The van der Waals surface area contributed by atoms with Crippen LogP contribution in [0.3, 0.4) is 0 Å². The van der Waals surface area contributed by atoms with Crippen LogP contribution >= 0.6 is 0 Å². The molecular weight excluding hydrogens is 402 g/mol. The predicted molar refractivity (Wildman–Crippen MR) is 127 cm³/mol. The highest BCUT2D eigenvalue weighted by Gasteiger charge is 2.19. The van der Waals surface area contributed by atoms with Gasteiger partial charge >= 0.3 is 0 Å². The van der Waals surface area contributed by atoms with E-state index in [4.69, 9.17) is 4.74 Å². The van der Waals surface area contributed by atoms with Crippen LogP contribution in [-0.4, -0.2) is 83.4 Å². The number of aliphatic imine (C=N–C) groups is 1. The van der Waals surface area contributed by atoms with Crippen molar-refractivity contribution in [1.29, 1.82) is 0 Å². The summed E-state index contributed by atoms with van der Waals surface area (Å²) in [5.41, 5.74) is 0. The number of piperazine rings is 1. The third-order valence-corrected chi connectivity index (χ3v) is 6.35. The van der Waals surface area contributed by atoms with Gasteiger partial charge in [0, 0.05) is 65.7 Å². The predicted octanol–water partition coefficient (Wildman–Crippen LogP) is 2.21. The van der Waals surface area contributed by atoms with Gasteiger partial charge in [-0.2, -0.15) is 0 Å². The Labute approximate surface area is 191 Å². The monoisotopic (exact) mass is 439 g/mol. The van der Waals surface area contributed by atoms with Crippen LogP contribution in [0, 0.1) is 0 Å². The Bertz CT molecular complexity index is 843. The molecule has 8 heteroatoms. The van der Waals surface area contributed by atoms with E-state index in [2.05, 4.69) is 34.9 Å². The summed E-state index contributed by atoms with van der Waals surface area (Å²) in [5, 5.41) is 12.4. The van der Waals surface area contributed by atoms with Crippen LogP contribution < -0.4 is 10.1 Å². The van der Waals surface area contributed by atoms with Crippen LogP contribution in [0.1, 0.15) is 37.3 Å². The van der Waals surface area contributed by atoms with E-state index < -0.39 is 0 Å². The summed E-state index contributed by atoms with van der Waals surface area (Å²) in [4.78, 5) is 9.33. The van der Waals surface area contributed by atoms with E-state index in [1.807, 2.05) is 37.4 Å². The molecule has 1 aromatic heterocycles. The van der Waals surface area contributed by atoms with E-state index in [9.17, 15) is 0 Å². The Balaban J connectivity index is 1.13.